The van der Waals surface area contributed by atoms with Gasteiger partial charge in [0.2, 0.25) is 5.91 Å². The number of aliphatic hydroxyl groups is 1. The molecule has 0 radical (unpaired) electrons. The van der Waals surface area contributed by atoms with E-state index in [9.17, 15) is 19.5 Å². The summed E-state index contributed by atoms with van der Waals surface area (Å²) in [6, 6.07) is 23.8. The molecule has 1 unspecified atom stereocenters. The van der Waals surface area contributed by atoms with Crippen molar-refractivity contribution in [2.24, 2.45) is 5.92 Å². The Morgan fingerprint density at radius 1 is 0.837 bits per heavy atom. The molecule has 0 aliphatic carbocycles. The van der Waals surface area contributed by atoms with E-state index in [1.807, 2.05) is 78.9 Å². The second-order valence-corrected chi connectivity index (χ2v) is 13.4. The van der Waals surface area contributed by atoms with Crippen LogP contribution in [0.3, 0.4) is 0 Å². The van der Waals surface area contributed by atoms with E-state index in [0.29, 0.717) is 0 Å². The average Bonchev–Trinajstić information content (AvgIpc) is 3.37. The molecule has 10 heteroatoms. The van der Waals surface area contributed by atoms with Crippen molar-refractivity contribution in [2.75, 3.05) is 19.6 Å². The molecule has 3 heterocycles. The van der Waals surface area contributed by atoms with Crippen molar-refractivity contribution < 1.29 is 33.7 Å². The number of carbonyl (C=O) groups excluding carboxylic acids is 3. The molecular formula is C39H47N3O7. The van der Waals surface area contributed by atoms with Crippen LogP contribution in [-0.2, 0) is 43.6 Å². The average molecular weight is 670 g/mol. The van der Waals surface area contributed by atoms with Crippen LogP contribution in [0.15, 0.2) is 78.9 Å². The first-order chi connectivity index (χ1) is 23.9. The fourth-order valence-corrected chi connectivity index (χ4v) is 6.91. The first kappa shape index (κ1) is 34.8. The van der Waals surface area contributed by atoms with Gasteiger partial charge in [0.15, 0.2) is 6.29 Å². The molecule has 3 aliphatic heterocycles. The second-order valence-electron chi connectivity index (χ2n) is 13.4. The molecule has 10 nitrogen and oxygen atoms in total. The Hall–Kier alpha value is -4.09. The summed E-state index contributed by atoms with van der Waals surface area (Å²) in [5.41, 5.74) is 4.35. The number of nitrogens with zero attached hydrogens (tertiary/aromatic N) is 2. The van der Waals surface area contributed by atoms with E-state index in [2.05, 4.69) is 17.1 Å². The fourth-order valence-electron chi connectivity index (χ4n) is 6.91. The topological polar surface area (TPSA) is 118 Å². The van der Waals surface area contributed by atoms with Crippen LogP contribution in [0.2, 0.25) is 0 Å². The van der Waals surface area contributed by atoms with Gasteiger partial charge in [-0.25, -0.2) is 4.79 Å². The summed E-state index contributed by atoms with van der Waals surface area (Å²) in [5, 5.41) is 12.1. The Morgan fingerprint density at radius 3 is 2.18 bits per heavy atom. The number of aliphatic hydroxyl groups excluding tert-OH is 1. The lowest BCUT2D eigenvalue weighted by atomic mass is 9.89. The number of nitrogens with one attached hydrogen (secondary N) is 1. The van der Waals surface area contributed by atoms with E-state index < -0.39 is 24.3 Å². The minimum atomic E-state index is -0.963. The van der Waals surface area contributed by atoms with Crippen LogP contribution in [-0.4, -0.2) is 64.6 Å². The lowest BCUT2D eigenvalue weighted by Crippen LogP contribution is -2.45. The zero-order valence-electron chi connectivity index (χ0n) is 28.2. The maximum atomic E-state index is 13.1. The van der Waals surface area contributed by atoms with E-state index in [1.165, 1.54) is 37.0 Å². The maximum absolute atomic E-state index is 13.1. The maximum Gasteiger partial charge on any atom is 0.408 e. The smallest absolute Gasteiger partial charge is 0.408 e. The number of alkyl carbamates (subject to hydrolysis) is 1. The van der Waals surface area contributed by atoms with Crippen LogP contribution in [0.1, 0.15) is 85.7 Å². The van der Waals surface area contributed by atoms with Crippen molar-refractivity contribution >= 4 is 17.9 Å². The van der Waals surface area contributed by atoms with Crippen LogP contribution >= 0.6 is 0 Å². The van der Waals surface area contributed by atoms with E-state index in [0.717, 1.165) is 47.5 Å². The second kappa shape index (κ2) is 16.5. The van der Waals surface area contributed by atoms with Gasteiger partial charge in [0.1, 0.15) is 12.6 Å². The third-order valence-corrected chi connectivity index (χ3v) is 9.85. The number of hydrogen-bond acceptors (Lipinski definition) is 8. The normalized spacial score (nSPS) is 25.1. The molecule has 0 spiro atoms. The molecule has 0 aromatic heterocycles. The molecule has 0 saturated carbocycles. The summed E-state index contributed by atoms with van der Waals surface area (Å²) >= 11 is 0. The number of rotatable bonds is 10. The highest BCUT2D eigenvalue weighted by molar-refractivity contribution is 6.06. The van der Waals surface area contributed by atoms with Gasteiger partial charge < -0.3 is 29.5 Å². The summed E-state index contributed by atoms with van der Waals surface area (Å²) in [7, 11) is 0. The van der Waals surface area contributed by atoms with Crippen molar-refractivity contribution in [1.82, 2.24) is 15.1 Å². The van der Waals surface area contributed by atoms with E-state index in [1.54, 1.807) is 0 Å². The largest absolute Gasteiger partial charge is 0.445 e. The number of imide groups is 1. The van der Waals surface area contributed by atoms with Gasteiger partial charge in [-0.3, -0.25) is 14.5 Å². The lowest BCUT2D eigenvalue weighted by molar-refractivity contribution is -0.276. The Labute approximate surface area is 288 Å². The summed E-state index contributed by atoms with van der Waals surface area (Å²) in [4.78, 5) is 42.0. The number of likely N-dealkylation sites (tertiary alicyclic amines) is 2. The van der Waals surface area contributed by atoms with E-state index in [4.69, 9.17) is 14.2 Å². The van der Waals surface area contributed by atoms with Crippen LogP contribution in [0.25, 0.3) is 0 Å². The third kappa shape index (κ3) is 8.93. The Balaban J connectivity index is 1.10. The molecule has 3 amide bonds. The number of carbonyl (C=O) groups is 3. The number of ether oxygens (including phenoxy) is 3. The van der Waals surface area contributed by atoms with Crippen LogP contribution in [0, 0.1) is 5.92 Å². The summed E-state index contributed by atoms with van der Waals surface area (Å²) in [6.07, 6.45) is 4.54. The van der Waals surface area contributed by atoms with Crippen LogP contribution in [0.4, 0.5) is 4.79 Å². The molecule has 49 heavy (non-hydrogen) atoms. The monoisotopic (exact) mass is 669 g/mol. The summed E-state index contributed by atoms with van der Waals surface area (Å²) in [6.45, 7) is 5.32. The summed E-state index contributed by atoms with van der Waals surface area (Å²) < 4.78 is 18.6. The summed E-state index contributed by atoms with van der Waals surface area (Å²) in [5.74, 6) is -0.705. The van der Waals surface area contributed by atoms with E-state index >= 15 is 0 Å². The number of amides is 3. The van der Waals surface area contributed by atoms with Gasteiger partial charge in [-0.05, 0) is 48.2 Å². The molecule has 3 fully saturated rings. The van der Waals surface area contributed by atoms with Crippen molar-refractivity contribution in [3.8, 4) is 0 Å². The van der Waals surface area contributed by atoms with Gasteiger partial charge in [-0.2, -0.15) is 0 Å². The first-order valence-corrected chi connectivity index (χ1v) is 17.5. The number of hydrogen-bond donors (Lipinski definition) is 2. The van der Waals surface area contributed by atoms with Crippen LogP contribution < -0.4 is 5.32 Å². The SMILES string of the molecule is C[C@@H]1[C@H](CN2CCCCCCC2)O[C@H](c2ccc(CN3C(=O)CC(NC(=O)OCc4ccccc4)C3=O)cc2)O[C@@H]1c1ccc(CO)cc1. The molecule has 5 atom stereocenters. The van der Waals surface area contributed by atoms with Gasteiger partial charge >= 0.3 is 6.09 Å². The van der Waals surface area contributed by atoms with Crippen molar-refractivity contribution in [3.63, 3.8) is 0 Å². The molecule has 2 N–H and O–H groups in total. The minimum Gasteiger partial charge on any atom is -0.445 e. The Kier molecular flexibility index (Phi) is 11.7. The molecule has 3 saturated heterocycles. The molecule has 6 rings (SSSR count). The predicted molar refractivity (Wildman–Crippen MR) is 183 cm³/mol. The lowest BCUT2D eigenvalue weighted by Gasteiger charge is -2.43. The predicted octanol–water partition coefficient (Wildman–Crippen LogP) is 5.79. The van der Waals surface area contributed by atoms with Gasteiger partial charge in [-0.1, -0.05) is 105 Å². The van der Waals surface area contributed by atoms with Crippen molar-refractivity contribution in [1.29, 1.82) is 0 Å². The molecule has 3 aromatic carbocycles. The Bertz CT molecular complexity index is 1540. The first-order valence-electron chi connectivity index (χ1n) is 17.5. The van der Waals surface area contributed by atoms with E-state index in [-0.39, 0.29) is 50.2 Å². The highest BCUT2D eigenvalue weighted by Crippen LogP contribution is 2.42. The zero-order chi connectivity index (χ0) is 34.2. The van der Waals surface area contributed by atoms with Gasteiger partial charge in [0, 0.05) is 18.0 Å². The Morgan fingerprint density at radius 2 is 1.49 bits per heavy atom. The fraction of sp³-hybridized carbons (Fsp3) is 0.462. The van der Waals surface area contributed by atoms with Gasteiger partial charge in [0.25, 0.3) is 5.91 Å². The van der Waals surface area contributed by atoms with Crippen molar-refractivity contribution in [2.45, 2.75) is 89.7 Å². The molecule has 260 valence electrons. The highest BCUT2D eigenvalue weighted by Gasteiger charge is 2.41. The minimum absolute atomic E-state index is 0.00981. The zero-order valence-corrected chi connectivity index (χ0v) is 28.2. The quantitative estimate of drug-likeness (QED) is 0.261. The van der Waals surface area contributed by atoms with Gasteiger partial charge in [0.05, 0.1) is 31.8 Å². The third-order valence-electron chi connectivity index (χ3n) is 9.85. The van der Waals surface area contributed by atoms with Crippen LogP contribution in [0.5, 0.6) is 0 Å². The molecule has 0 bridgehead atoms. The van der Waals surface area contributed by atoms with Gasteiger partial charge in [-0.15, -0.1) is 0 Å². The number of benzene rings is 3. The molecule has 3 aliphatic rings. The highest BCUT2D eigenvalue weighted by atomic mass is 16.7. The standard InChI is InChI=1S/C39H47N3O7/c1-27-34(24-41-20-8-3-2-4-9-21-41)48-38(49-36(27)31-16-14-29(25-43)15-17-31)32-18-12-28(13-19-32)23-42-35(44)22-33(37(42)45)40-39(46)47-26-30-10-6-5-7-11-30/h5-7,10-19,27,33-34,36,38,43H,2-4,8-9,20-26H2,1H3,(H,40,46)/t27-,33?,34+,36+,38+/m1/s1. The van der Waals surface area contributed by atoms with Crippen molar-refractivity contribution in [3.05, 3.63) is 107 Å². The molecular weight excluding hydrogens is 622 g/mol. The molecule has 3 aromatic rings.